The van der Waals surface area contributed by atoms with Crippen LogP contribution in [0.4, 0.5) is 11.5 Å². The zero-order valence-electron chi connectivity index (χ0n) is 33.6. The highest BCUT2D eigenvalue weighted by molar-refractivity contribution is 6.74. The van der Waals surface area contributed by atoms with Crippen molar-refractivity contribution in [1.29, 1.82) is 0 Å². The largest absolute Gasteiger partial charge is 0.543 e. The molecule has 2 fully saturated rings. The van der Waals surface area contributed by atoms with E-state index in [0.717, 1.165) is 96.4 Å². The van der Waals surface area contributed by atoms with Crippen LogP contribution in [0.3, 0.4) is 0 Å². The van der Waals surface area contributed by atoms with Crippen molar-refractivity contribution in [1.82, 2.24) is 24.8 Å². The van der Waals surface area contributed by atoms with Crippen molar-refractivity contribution in [2.75, 3.05) is 56.7 Å². The summed E-state index contributed by atoms with van der Waals surface area (Å²) in [5, 5.41) is 3.72. The van der Waals surface area contributed by atoms with Gasteiger partial charge in [-0.05, 0) is 103 Å². The normalized spacial score (nSPS) is 15.4. The van der Waals surface area contributed by atoms with Crippen LogP contribution < -0.4 is 20.4 Å². The molecule has 8 rings (SSSR count). The highest BCUT2D eigenvalue weighted by Gasteiger charge is 2.40. The number of aromatic nitrogens is 4. The summed E-state index contributed by atoms with van der Waals surface area (Å²) >= 11 is 0. The molecular formula is C45H53N7O4Si. The van der Waals surface area contributed by atoms with Gasteiger partial charge < -0.3 is 34.6 Å². The van der Waals surface area contributed by atoms with E-state index >= 15 is 0 Å². The number of hydrogen-bond acceptors (Lipinski definition) is 10. The van der Waals surface area contributed by atoms with Crippen LogP contribution in [0.5, 0.6) is 5.75 Å². The number of pyridine rings is 2. The number of imidazole rings is 1. The number of rotatable bonds is 12. The Morgan fingerprint density at radius 2 is 1.61 bits per heavy atom. The monoisotopic (exact) mass is 783 g/mol. The molecule has 11 nitrogen and oxygen atoms in total. The van der Waals surface area contributed by atoms with E-state index in [0.29, 0.717) is 24.9 Å². The third-order valence-electron chi connectivity index (χ3n) is 11.3. The fraction of sp³-hybridized carbons (Fsp3) is 0.356. The summed E-state index contributed by atoms with van der Waals surface area (Å²) in [5.41, 5.74) is 16.1. The number of morpholine rings is 1. The molecule has 0 atom stereocenters. The Morgan fingerprint density at radius 1 is 0.842 bits per heavy atom. The van der Waals surface area contributed by atoms with Gasteiger partial charge >= 0.3 is 0 Å². The van der Waals surface area contributed by atoms with Gasteiger partial charge in [-0.25, -0.2) is 15.0 Å². The number of nitrogen functional groups attached to an aromatic ring is 1. The maximum Gasteiger partial charge on any atom is 0.250 e. The second-order valence-electron chi connectivity index (χ2n) is 16.3. The molecule has 0 radical (unpaired) electrons. The van der Waals surface area contributed by atoms with Crippen LogP contribution in [-0.2, 0) is 27.2 Å². The van der Waals surface area contributed by atoms with Crippen molar-refractivity contribution in [3.05, 3.63) is 114 Å². The summed E-state index contributed by atoms with van der Waals surface area (Å²) in [5.74, 6) is 1.99. The minimum Gasteiger partial charge on any atom is -0.543 e. The highest BCUT2D eigenvalue weighted by Crippen LogP contribution is 2.41. The molecule has 6 aromatic rings. The number of hydrogen-bond donors (Lipinski definition) is 2. The molecule has 0 amide bonds. The fourth-order valence-electron chi connectivity index (χ4n) is 7.05. The molecule has 12 heteroatoms. The van der Waals surface area contributed by atoms with Crippen molar-refractivity contribution in [3.63, 3.8) is 0 Å². The van der Waals surface area contributed by atoms with Crippen molar-refractivity contribution >= 4 is 31.0 Å². The quantitative estimate of drug-likeness (QED) is 0.0926. The van der Waals surface area contributed by atoms with Crippen molar-refractivity contribution < 1.29 is 18.6 Å². The van der Waals surface area contributed by atoms with E-state index in [1.165, 1.54) is 11.3 Å². The average Bonchev–Trinajstić information content (AvgIpc) is 3.89. The van der Waals surface area contributed by atoms with Crippen LogP contribution in [0.25, 0.3) is 39.5 Å². The molecule has 296 valence electrons. The third kappa shape index (κ3) is 8.46. The zero-order valence-corrected chi connectivity index (χ0v) is 34.6. The highest BCUT2D eigenvalue weighted by atomic mass is 28.4. The van der Waals surface area contributed by atoms with E-state index < -0.39 is 8.32 Å². The predicted octanol–water partition coefficient (Wildman–Crippen LogP) is 8.33. The van der Waals surface area contributed by atoms with Crippen molar-refractivity contribution in [3.8, 4) is 34.1 Å². The maximum absolute atomic E-state index is 6.82. The van der Waals surface area contributed by atoms with E-state index in [1.54, 1.807) is 6.20 Å². The Bertz CT molecular complexity index is 2330. The first kappa shape index (κ1) is 38.7. The number of nitrogens with two attached hydrogens (primary N) is 1. The van der Waals surface area contributed by atoms with Crippen LogP contribution in [-0.4, -0.2) is 73.9 Å². The van der Waals surface area contributed by atoms with Crippen LogP contribution in [0.2, 0.25) is 18.1 Å². The van der Waals surface area contributed by atoms with E-state index in [9.17, 15) is 0 Å². The summed E-state index contributed by atoms with van der Waals surface area (Å²) < 4.78 is 26.3. The van der Waals surface area contributed by atoms with E-state index in [2.05, 4.69) is 120 Å². The number of nitrogens with zero attached hydrogens (tertiary/aromatic N) is 5. The molecule has 0 saturated carbocycles. The molecule has 2 aliphatic heterocycles. The lowest BCUT2D eigenvalue weighted by Crippen LogP contribution is -2.44. The van der Waals surface area contributed by atoms with Crippen molar-refractivity contribution in [2.45, 2.75) is 58.2 Å². The van der Waals surface area contributed by atoms with Crippen molar-refractivity contribution in [2.24, 2.45) is 0 Å². The minimum absolute atomic E-state index is 0.0689. The smallest absolute Gasteiger partial charge is 0.250 e. The summed E-state index contributed by atoms with van der Waals surface area (Å²) in [7, 11) is -2.08. The maximum atomic E-state index is 6.82. The average molecular weight is 784 g/mol. The molecule has 0 unspecified atom stereocenters. The molecule has 0 aliphatic carbocycles. The molecule has 0 spiro atoms. The first-order valence-electron chi connectivity index (χ1n) is 19.9. The van der Waals surface area contributed by atoms with E-state index in [1.807, 2.05) is 24.3 Å². The fourth-order valence-corrected chi connectivity index (χ4v) is 8.08. The molecule has 3 aromatic carbocycles. The number of fused-ring (bicyclic) bond motifs is 1. The number of benzene rings is 3. The summed E-state index contributed by atoms with van der Waals surface area (Å²) in [6.45, 7) is 17.3. The van der Waals surface area contributed by atoms with Gasteiger partial charge in [0.05, 0.1) is 37.7 Å². The van der Waals surface area contributed by atoms with Crippen LogP contribution in [0.15, 0.2) is 97.2 Å². The van der Waals surface area contributed by atoms with Gasteiger partial charge in [-0.2, -0.15) is 0 Å². The number of nitrogens with one attached hydrogen (secondary N) is 1. The standard InChI is InChI=1S/C45H53N7O4Si/c1-45(2,3)57(4,5)56-40-28-32(13-16-36(40)44-54-26-27-55-44)30-47-21-19-31-11-14-34(15-12-31)52-42(37-10-7-20-48-41(37)46)50-39-18-17-38(49-43(39)52)33-8-6-9-35(29-33)51-22-24-53-25-23-51/h6-18,20,28-29,44,47H,19,21-27,30H2,1-5H3,(H2,46,48). The molecule has 5 heterocycles. The van der Waals surface area contributed by atoms with Gasteiger partial charge in [0, 0.05) is 48.3 Å². The molecular weight excluding hydrogens is 731 g/mol. The number of ether oxygens (including phenoxy) is 3. The molecule has 2 saturated heterocycles. The first-order chi connectivity index (χ1) is 27.5. The molecule has 3 aromatic heterocycles. The van der Waals surface area contributed by atoms with Gasteiger partial charge in [0.15, 0.2) is 17.8 Å². The van der Waals surface area contributed by atoms with E-state index in [4.69, 9.17) is 34.3 Å². The molecule has 2 aliphatic rings. The predicted molar refractivity (Wildman–Crippen MR) is 229 cm³/mol. The van der Waals surface area contributed by atoms with Gasteiger partial charge in [0.2, 0.25) is 8.32 Å². The summed E-state index contributed by atoms with van der Waals surface area (Å²) in [4.78, 5) is 17.0. The lowest BCUT2D eigenvalue weighted by atomic mass is 10.1. The summed E-state index contributed by atoms with van der Waals surface area (Å²) in [6, 6.07) is 31.5. The zero-order chi connectivity index (χ0) is 39.6. The Kier molecular flexibility index (Phi) is 11.1. The van der Waals surface area contributed by atoms with E-state index in [-0.39, 0.29) is 11.3 Å². The van der Waals surface area contributed by atoms with Gasteiger partial charge in [0.1, 0.15) is 17.1 Å². The Balaban J connectivity index is 1.01. The lowest BCUT2D eigenvalue weighted by Gasteiger charge is -2.37. The minimum atomic E-state index is -2.08. The Labute approximate surface area is 336 Å². The van der Waals surface area contributed by atoms with Gasteiger partial charge in [0.25, 0.3) is 0 Å². The van der Waals surface area contributed by atoms with Gasteiger partial charge in [-0.3, -0.25) is 4.57 Å². The molecule has 3 N–H and O–H groups in total. The van der Waals surface area contributed by atoms with Crippen LogP contribution in [0.1, 0.15) is 43.8 Å². The van der Waals surface area contributed by atoms with Gasteiger partial charge in [-0.1, -0.05) is 51.1 Å². The molecule has 0 bridgehead atoms. The Hall–Kier alpha value is -5.11. The van der Waals surface area contributed by atoms with Crippen LogP contribution in [0, 0.1) is 0 Å². The molecule has 57 heavy (non-hydrogen) atoms. The van der Waals surface area contributed by atoms with Crippen LogP contribution >= 0.6 is 0 Å². The number of anilines is 2. The Morgan fingerprint density at radius 3 is 2.37 bits per heavy atom. The SMILES string of the molecule is CC(C)(C)[Si](C)(C)Oc1cc(CNCCc2ccc(-n3c(-c4cccnc4N)nc4ccc(-c5cccc(N6CCOCC6)c5)nc43)cc2)ccc1C1OCCO1. The summed E-state index contributed by atoms with van der Waals surface area (Å²) in [6.07, 6.45) is 2.18. The second kappa shape index (κ2) is 16.4. The lowest BCUT2D eigenvalue weighted by molar-refractivity contribution is -0.0450. The second-order valence-corrected chi connectivity index (χ2v) is 21.0. The van der Waals surface area contributed by atoms with Gasteiger partial charge in [-0.15, -0.1) is 0 Å². The topological polar surface area (TPSA) is 122 Å². The first-order valence-corrected chi connectivity index (χ1v) is 22.8. The third-order valence-corrected chi connectivity index (χ3v) is 15.7.